The topological polar surface area (TPSA) is 61.4 Å². The van der Waals surface area contributed by atoms with Crippen molar-refractivity contribution in [1.82, 2.24) is 15.5 Å². The Balaban J connectivity index is 0.910. The highest BCUT2D eigenvalue weighted by Gasteiger charge is 2.18. The van der Waals surface area contributed by atoms with Crippen molar-refractivity contribution < 1.29 is 9.59 Å². The second-order valence-corrected chi connectivity index (χ2v) is 17.1. The zero-order valence-electron chi connectivity index (χ0n) is 29.6. The number of carbonyl (C=O) groups excluding carboxylic acids is 2. The zero-order valence-corrected chi connectivity index (χ0v) is 31.4. The van der Waals surface area contributed by atoms with Crippen molar-refractivity contribution in [2.45, 2.75) is 12.8 Å². The minimum absolute atomic E-state index is 0.0505. The molecule has 52 heavy (non-hydrogen) atoms. The molecule has 6 aromatic rings. The number of nitrogens with zero attached hydrogens (tertiary/aromatic N) is 1. The van der Waals surface area contributed by atoms with Crippen molar-refractivity contribution in [2.24, 2.45) is 0 Å². The molecule has 0 saturated carbocycles. The molecule has 0 unspecified atom stereocenters. The van der Waals surface area contributed by atoms with Gasteiger partial charge < -0.3 is 15.5 Å². The van der Waals surface area contributed by atoms with Crippen LogP contribution in [0.15, 0.2) is 170 Å². The second kappa shape index (κ2) is 19.1. The molecule has 0 radical (unpaired) electrons. The monoisotopic (exact) mass is 721 g/mol. The fraction of sp³-hybridized carbons (Fsp3) is 0.156. The standard InChI is InChI=1S/C45H45N3O2P2/c1-48(34-14-32-46-44(49)36-24-28-42(29-25-36)51(38-16-6-2-7-17-38)39-18-8-3-9-19-39)35-15-33-47-45(50)37-26-30-43(31-27-37)52(40-20-10-4-11-21-40)41-22-12-5-13-23-41/h2-13,16-31H,14-15,32-35H2,1H3,(H,46,49)(H,47,50). The first-order valence-electron chi connectivity index (χ1n) is 17.8. The Bertz CT molecular complexity index is 1750. The SMILES string of the molecule is CN(CCCNC(=O)c1ccc(P(c2ccccc2)c2ccccc2)cc1)CCCNC(=O)c1ccc(P(c2ccccc2)c2ccccc2)cc1. The van der Waals surface area contributed by atoms with Crippen molar-refractivity contribution >= 4 is 59.5 Å². The van der Waals surface area contributed by atoms with Gasteiger partial charge in [-0.3, -0.25) is 9.59 Å². The van der Waals surface area contributed by atoms with Crippen LogP contribution in [0.25, 0.3) is 0 Å². The van der Waals surface area contributed by atoms with Crippen LogP contribution >= 0.6 is 15.8 Å². The minimum atomic E-state index is -0.699. The van der Waals surface area contributed by atoms with E-state index in [-0.39, 0.29) is 11.8 Å². The maximum atomic E-state index is 12.9. The van der Waals surface area contributed by atoms with Crippen molar-refractivity contribution in [3.63, 3.8) is 0 Å². The van der Waals surface area contributed by atoms with Crippen LogP contribution in [-0.4, -0.2) is 49.9 Å². The van der Waals surface area contributed by atoms with Gasteiger partial charge in [-0.2, -0.15) is 0 Å². The van der Waals surface area contributed by atoms with Gasteiger partial charge in [-0.1, -0.05) is 146 Å². The van der Waals surface area contributed by atoms with Crippen LogP contribution in [0.2, 0.25) is 0 Å². The molecule has 7 heteroatoms. The van der Waals surface area contributed by atoms with E-state index in [0.717, 1.165) is 25.9 Å². The third kappa shape index (κ3) is 10.1. The summed E-state index contributed by atoms with van der Waals surface area (Å²) < 4.78 is 0. The van der Waals surface area contributed by atoms with Crippen molar-refractivity contribution in [3.8, 4) is 0 Å². The second-order valence-electron chi connectivity index (χ2n) is 12.6. The van der Waals surface area contributed by atoms with Crippen LogP contribution in [0.1, 0.15) is 33.6 Å². The smallest absolute Gasteiger partial charge is 0.251 e. The molecule has 6 aromatic carbocycles. The lowest BCUT2D eigenvalue weighted by atomic mass is 10.2. The Kier molecular flexibility index (Phi) is 13.5. The molecule has 2 N–H and O–H groups in total. The predicted octanol–water partition coefficient (Wildman–Crippen LogP) is 6.07. The molecule has 6 rings (SSSR count). The Morgan fingerprint density at radius 3 is 0.981 bits per heavy atom. The van der Waals surface area contributed by atoms with Crippen molar-refractivity contribution in [3.05, 3.63) is 181 Å². The molecule has 5 nitrogen and oxygen atoms in total. The van der Waals surface area contributed by atoms with Crippen LogP contribution in [-0.2, 0) is 0 Å². The summed E-state index contributed by atoms with van der Waals surface area (Å²) in [6.45, 7) is 2.93. The molecular formula is C45H45N3O2P2. The van der Waals surface area contributed by atoms with Gasteiger partial charge >= 0.3 is 0 Å². The van der Waals surface area contributed by atoms with Gasteiger partial charge in [-0.15, -0.1) is 0 Å². The summed E-state index contributed by atoms with van der Waals surface area (Å²) in [5.41, 5.74) is 1.35. The van der Waals surface area contributed by atoms with Gasteiger partial charge in [0.15, 0.2) is 0 Å². The summed E-state index contributed by atoms with van der Waals surface area (Å²) in [7, 11) is 0.681. The number of rotatable bonds is 16. The number of benzene rings is 6. The minimum Gasteiger partial charge on any atom is -0.352 e. The number of carbonyl (C=O) groups is 2. The highest BCUT2D eigenvalue weighted by atomic mass is 31.1. The van der Waals surface area contributed by atoms with Crippen molar-refractivity contribution in [1.29, 1.82) is 0 Å². The average Bonchev–Trinajstić information content (AvgIpc) is 3.20. The van der Waals surface area contributed by atoms with Gasteiger partial charge in [0.1, 0.15) is 0 Å². The highest BCUT2D eigenvalue weighted by Crippen LogP contribution is 2.33. The third-order valence-corrected chi connectivity index (χ3v) is 13.7. The van der Waals surface area contributed by atoms with Crippen LogP contribution < -0.4 is 42.5 Å². The summed E-state index contributed by atoms with van der Waals surface area (Å²) in [6, 6.07) is 58.4. The normalized spacial score (nSPS) is 11.2. The molecule has 0 saturated heterocycles. The fourth-order valence-electron chi connectivity index (χ4n) is 6.14. The Labute approximate surface area is 310 Å². The van der Waals surface area contributed by atoms with E-state index in [0.29, 0.717) is 24.2 Å². The number of amides is 2. The lowest BCUT2D eigenvalue weighted by Crippen LogP contribution is -2.31. The summed E-state index contributed by atoms with van der Waals surface area (Å²) in [4.78, 5) is 28.1. The van der Waals surface area contributed by atoms with Crippen LogP contribution in [0.5, 0.6) is 0 Å². The van der Waals surface area contributed by atoms with Crippen LogP contribution in [0, 0.1) is 0 Å². The van der Waals surface area contributed by atoms with E-state index >= 15 is 0 Å². The number of hydrogen-bond donors (Lipinski definition) is 2. The Morgan fingerprint density at radius 1 is 0.423 bits per heavy atom. The molecule has 0 fully saturated rings. The van der Waals surface area contributed by atoms with Gasteiger partial charge in [0, 0.05) is 24.2 Å². The lowest BCUT2D eigenvalue weighted by molar-refractivity contribution is 0.0945. The first-order valence-corrected chi connectivity index (χ1v) is 20.5. The van der Waals surface area contributed by atoms with Gasteiger partial charge in [0.05, 0.1) is 0 Å². The zero-order chi connectivity index (χ0) is 36.0. The summed E-state index contributed by atoms with van der Waals surface area (Å²) in [5.74, 6) is -0.101. The van der Waals surface area contributed by atoms with E-state index in [1.165, 1.54) is 31.8 Å². The predicted molar refractivity (Wildman–Crippen MR) is 222 cm³/mol. The largest absolute Gasteiger partial charge is 0.352 e. The highest BCUT2D eigenvalue weighted by molar-refractivity contribution is 7.80. The molecule has 0 aliphatic rings. The molecule has 0 bridgehead atoms. The lowest BCUT2D eigenvalue weighted by Gasteiger charge is -2.19. The molecule has 262 valence electrons. The molecule has 0 atom stereocenters. The van der Waals surface area contributed by atoms with E-state index < -0.39 is 15.8 Å². The average molecular weight is 722 g/mol. The summed E-state index contributed by atoms with van der Waals surface area (Å²) >= 11 is 0. The van der Waals surface area contributed by atoms with E-state index in [1.54, 1.807) is 0 Å². The van der Waals surface area contributed by atoms with Crippen LogP contribution in [0.4, 0.5) is 0 Å². The maximum absolute atomic E-state index is 12.9. The molecule has 0 aliphatic heterocycles. The first-order chi connectivity index (χ1) is 25.6. The molecular weight excluding hydrogens is 676 g/mol. The third-order valence-electron chi connectivity index (χ3n) is 8.84. The fourth-order valence-corrected chi connectivity index (χ4v) is 10.7. The number of hydrogen-bond acceptors (Lipinski definition) is 3. The Hall–Kier alpha value is -4.92. The molecule has 0 aromatic heterocycles. The van der Waals surface area contributed by atoms with Gasteiger partial charge in [-0.05, 0) is 105 Å². The molecule has 0 spiro atoms. The van der Waals surface area contributed by atoms with Gasteiger partial charge in [0.2, 0.25) is 0 Å². The van der Waals surface area contributed by atoms with E-state index in [1.807, 2.05) is 48.5 Å². The maximum Gasteiger partial charge on any atom is 0.251 e. The molecule has 0 aliphatic carbocycles. The summed E-state index contributed by atoms with van der Waals surface area (Å²) in [6.07, 6.45) is 1.70. The van der Waals surface area contributed by atoms with E-state index in [9.17, 15) is 9.59 Å². The van der Waals surface area contributed by atoms with E-state index in [4.69, 9.17) is 0 Å². The quantitative estimate of drug-likeness (QED) is 0.0943. The van der Waals surface area contributed by atoms with Gasteiger partial charge in [-0.25, -0.2) is 0 Å². The van der Waals surface area contributed by atoms with Crippen molar-refractivity contribution in [2.75, 3.05) is 33.2 Å². The first kappa shape index (κ1) is 36.9. The summed E-state index contributed by atoms with van der Waals surface area (Å²) in [5, 5.41) is 13.7. The van der Waals surface area contributed by atoms with Crippen LogP contribution in [0.3, 0.4) is 0 Å². The van der Waals surface area contributed by atoms with E-state index in [2.05, 4.69) is 144 Å². The molecule has 2 amide bonds. The van der Waals surface area contributed by atoms with Gasteiger partial charge in [0.25, 0.3) is 11.8 Å². The Morgan fingerprint density at radius 2 is 0.692 bits per heavy atom. The molecule has 0 heterocycles. The number of nitrogens with one attached hydrogen (secondary N) is 2.